The van der Waals surface area contributed by atoms with Crippen LogP contribution in [0.4, 0.5) is 10.8 Å². The standard InChI is InChI=1S/C25H24N4O4S2/c1-17-7-11-19(12-8-17)24-27-28-25(34-24)26-23(30)16-29(20-5-4-6-21(15-20)33-3)35(31,32)22-13-9-18(2)10-14-22/h4-15H,16H2,1-3H3,(H,26,28,30). The summed E-state index contributed by atoms with van der Waals surface area (Å²) in [6.07, 6.45) is 0. The van der Waals surface area contributed by atoms with Crippen molar-refractivity contribution in [2.45, 2.75) is 18.7 Å². The summed E-state index contributed by atoms with van der Waals surface area (Å²) in [5, 5.41) is 11.8. The molecule has 10 heteroatoms. The lowest BCUT2D eigenvalue weighted by molar-refractivity contribution is -0.114. The van der Waals surface area contributed by atoms with Crippen LogP contribution >= 0.6 is 11.3 Å². The zero-order chi connectivity index (χ0) is 25.0. The van der Waals surface area contributed by atoms with Crippen molar-refractivity contribution in [3.05, 3.63) is 83.9 Å². The molecule has 0 aliphatic carbocycles. The topological polar surface area (TPSA) is 101 Å². The predicted molar refractivity (Wildman–Crippen MR) is 137 cm³/mol. The lowest BCUT2D eigenvalue weighted by Gasteiger charge is -2.24. The van der Waals surface area contributed by atoms with E-state index in [9.17, 15) is 13.2 Å². The van der Waals surface area contributed by atoms with Gasteiger partial charge in [0.05, 0.1) is 17.7 Å². The number of aromatic nitrogens is 2. The zero-order valence-corrected chi connectivity index (χ0v) is 21.1. The van der Waals surface area contributed by atoms with Crippen molar-refractivity contribution in [3.63, 3.8) is 0 Å². The van der Waals surface area contributed by atoms with Crippen molar-refractivity contribution in [2.24, 2.45) is 0 Å². The van der Waals surface area contributed by atoms with Crippen LogP contribution in [0.3, 0.4) is 0 Å². The van der Waals surface area contributed by atoms with Crippen molar-refractivity contribution in [1.82, 2.24) is 10.2 Å². The maximum atomic E-state index is 13.5. The fourth-order valence-corrected chi connectivity index (χ4v) is 5.47. The summed E-state index contributed by atoms with van der Waals surface area (Å²) < 4.78 is 33.4. The number of carbonyl (C=O) groups is 1. The van der Waals surface area contributed by atoms with E-state index in [1.807, 2.05) is 38.1 Å². The molecule has 3 aromatic carbocycles. The summed E-state index contributed by atoms with van der Waals surface area (Å²) in [5.41, 5.74) is 3.24. The first-order chi connectivity index (χ1) is 16.8. The lowest BCUT2D eigenvalue weighted by atomic mass is 10.2. The summed E-state index contributed by atoms with van der Waals surface area (Å²) in [6.45, 7) is 3.41. The molecule has 0 aliphatic heterocycles. The first kappa shape index (κ1) is 24.4. The average Bonchev–Trinajstić information content (AvgIpc) is 3.31. The van der Waals surface area contributed by atoms with Crippen LogP contribution in [0.5, 0.6) is 5.75 Å². The van der Waals surface area contributed by atoms with Gasteiger partial charge in [-0.2, -0.15) is 0 Å². The molecule has 0 saturated heterocycles. The molecule has 0 atom stereocenters. The molecule has 0 aliphatic rings. The normalized spacial score (nSPS) is 11.2. The Balaban J connectivity index is 1.60. The third-order valence-electron chi connectivity index (χ3n) is 5.21. The highest BCUT2D eigenvalue weighted by molar-refractivity contribution is 7.92. The van der Waals surface area contributed by atoms with Crippen LogP contribution < -0.4 is 14.4 Å². The minimum atomic E-state index is -4.04. The second kappa shape index (κ2) is 10.2. The third-order valence-corrected chi connectivity index (χ3v) is 7.88. The summed E-state index contributed by atoms with van der Waals surface area (Å²) in [5.74, 6) is -0.0750. The van der Waals surface area contributed by atoms with Crippen molar-refractivity contribution in [2.75, 3.05) is 23.3 Å². The Morgan fingerprint density at radius 1 is 0.971 bits per heavy atom. The van der Waals surface area contributed by atoms with Gasteiger partial charge >= 0.3 is 0 Å². The number of amides is 1. The van der Waals surface area contributed by atoms with Gasteiger partial charge in [0.15, 0.2) is 0 Å². The molecule has 0 unspecified atom stereocenters. The highest BCUT2D eigenvalue weighted by atomic mass is 32.2. The number of carbonyl (C=O) groups excluding carboxylic acids is 1. The SMILES string of the molecule is COc1cccc(N(CC(=O)Nc2nnc(-c3ccc(C)cc3)s2)S(=O)(=O)c2ccc(C)cc2)c1. The molecule has 180 valence electrons. The molecule has 8 nitrogen and oxygen atoms in total. The van der Waals surface area contributed by atoms with Crippen molar-refractivity contribution >= 4 is 38.1 Å². The first-order valence-electron chi connectivity index (χ1n) is 10.7. The van der Waals surface area contributed by atoms with Gasteiger partial charge in [0.2, 0.25) is 11.0 Å². The molecule has 1 heterocycles. The number of hydrogen-bond donors (Lipinski definition) is 1. The van der Waals surface area contributed by atoms with E-state index in [4.69, 9.17) is 4.74 Å². The maximum absolute atomic E-state index is 13.5. The molecule has 0 spiro atoms. The Labute approximate surface area is 208 Å². The second-order valence-electron chi connectivity index (χ2n) is 7.85. The van der Waals surface area contributed by atoms with Crippen LogP contribution in [0.25, 0.3) is 10.6 Å². The van der Waals surface area contributed by atoms with Gasteiger partial charge < -0.3 is 4.74 Å². The fraction of sp³-hybridized carbons (Fsp3) is 0.160. The van der Waals surface area contributed by atoms with Crippen LogP contribution in [0.2, 0.25) is 0 Å². The van der Waals surface area contributed by atoms with Crippen molar-refractivity contribution in [1.29, 1.82) is 0 Å². The number of rotatable bonds is 8. The molecule has 4 aromatic rings. The Morgan fingerprint density at radius 2 is 1.63 bits per heavy atom. The van der Waals surface area contributed by atoms with Gasteiger partial charge in [-0.05, 0) is 38.1 Å². The molecule has 0 bridgehead atoms. The Hall–Kier alpha value is -3.76. The van der Waals surface area contributed by atoms with E-state index < -0.39 is 22.5 Å². The quantitative estimate of drug-likeness (QED) is 0.371. The van der Waals surface area contributed by atoms with Crippen LogP contribution in [-0.2, 0) is 14.8 Å². The summed E-state index contributed by atoms with van der Waals surface area (Å²) in [7, 11) is -2.55. The lowest BCUT2D eigenvalue weighted by Crippen LogP contribution is -2.38. The van der Waals surface area contributed by atoms with Crippen LogP contribution in [-0.4, -0.2) is 38.2 Å². The second-order valence-corrected chi connectivity index (χ2v) is 10.7. The molecular formula is C25H24N4O4S2. The number of nitrogens with one attached hydrogen (secondary N) is 1. The van der Waals surface area contributed by atoms with E-state index in [2.05, 4.69) is 15.5 Å². The van der Waals surface area contributed by atoms with Crippen molar-refractivity contribution in [3.8, 4) is 16.3 Å². The van der Waals surface area contributed by atoms with E-state index in [1.165, 1.54) is 30.6 Å². The number of sulfonamides is 1. The van der Waals surface area contributed by atoms with Crippen LogP contribution in [0, 0.1) is 13.8 Å². The summed E-state index contributed by atoms with van der Waals surface area (Å²) in [4.78, 5) is 13.0. The summed E-state index contributed by atoms with van der Waals surface area (Å²) in [6, 6.07) is 20.8. The Bertz CT molecular complexity index is 1430. The largest absolute Gasteiger partial charge is 0.497 e. The van der Waals surface area contributed by atoms with E-state index in [1.54, 1.807) is 36.4 Å². The number of hydrogen-bond acceptors (Lipinski definition) is 7. The fourth-order valence-electron chi connectivity index (χ4n) is 3.29. The molecule has 0 fully saturated rings. The molecular weight excluding hydrogens is 484 g/mol. The van der Waals surface area contributed by atoms with Gasteiger partial charge in [-0.25, -0.2) is 8.42 Å². The number of aryl methyl sites for hydroxylation is 2. The molecule has 1 N–H and O–H groups in total. The van der Waals surface area contributed by atoms with E-state index in [-0.39, 0.29) is 10.0 Å². The minimum Gasteiger partial charge on any atom is -0.497 e. The van der Waals surface area contributed by atoms with Gasteiger partial charge in [-0.15, -0.1) is 10.2 Å². The highest BCUT2D eigenvalue weighted by Gasteiger charge is 2.28. The smallest absolute Gasteiger partial charge is 0.264 e. The van der Waals surface area contributed by atoms with Gasteiger partial charge in [0, 0.05) is 11.6 Å². The molecule has 1 aromatic heterocycles. The van der Waals surface area contributed by atoms with E-state index >= 15 is 0 Å². The Kier molecular flexibility index (Phi) is 7.13. The highest BCUT2D eigenvalue weighted by Crippen LogP contribution is 2.29. The first-order valence-corrected chi connectivity index (χ1v) is 13.0. The van der Waals surface area contributed by atoms with Gasteiger partial charge in [0.25, 0.3) is 10.0 Å². The van der Waals surface area contributed by atoms with Gasteiger partial charge in [0.1, 0.15) is 17.3 Å². The molecule has 0 radical (unpaired) electrons. The average molecular weight is 509 g/mol. The van der Waals surface area contributed by atoms with E-state index in [0.717, 1.165) is 21.0 Å². The number of methoxy groups -OCH3 is 1. The predicted octanol–water partition coefficient (Wildman–Crippen LogP) is 4.66. The van der Waals surface area contributed by atoms with Gasteiger partial charge in [-0.1, -0.05) is 64.9 Å². The zero-order valence-electron chi connectivity index (χ0n) is 19.4. The minimum absolute atomic E-state index is 0.0799. The molecule has 4 rings (SSSR count). The third kappa shape index (κ3) is 5.67. The summed E-state index contributed by atoms with van der Waals surface area (Å²) >= 11 is 1.21. The van der Waals surface area contributed by atoms with Gasteiger partial charge in [-0.3, -0.25) is 14.4 Å². The molecule has 35 heavy (non-hydrogen) atoms. The van der Waals surface area contributed by atoms with Crippen LogP contribution in [0.15, 0.2) is 77.7 Å². The maximum Gasteiger partial charge on any atom is 0.264 e. The number of ether oxygens (including phenoxy) is 1. The van der Waals surface area contributed by atoms with Crippen LogP contribution in [0.1, 0.15) is 11.1 Å². The van der Waals surface area contributed by atoms with E-state index in [0.29, 0.717) is 16.4 Å². The molecule has 0 saturated carbocycles. The number of nitrogens with zero attached hydrogens (tertiary/aromatic N) is 3. The number of anilines is 2. The molecule has 1 amide bonds. The number of benzene rings is 3. The Morgan fingerprint density at radius 3 is 2.29 bits per heavy atom. The monoisotopic (exact) mass is 508 g/mol. The van der Waals surface area contributed by atoms with Crippen molar-refractivity contribution < 1.29 is 17.9 Å².